The van der Waals surface area contributed by atoms with Crippen LogP contribution >= 0.6 is 43.5 Å². The van der Waals surface area contributed by atoms with Gasteiger partial charge in [0.25, 0.3) is 0 Å². The predicted octanol–water partition coefficient (Wildman–Crippen LogP) is 5.13. The lowest BCUT2D eigenvalue weighted by Crippen LogP contribution is -2.17. The van der Waals surface area contributed by atoms with Crippen LogP contribution in [0.15, 0.2) is 57.5 Å². The summed E-state index contributed by atoms with van der Waals surface area (Å²) in [6.07, 6.45) is 0. The first-order chi connectivity index (χ1) is 9.09. The Kier molecular flexibility index (Phi) is 5.02. The van der Waals surface area contributed by atoms with E-state index in [1.165, 1.54) is 0 Å². The van der Waals surface area contributed by atoms with E-state index in [0.29, 0.717) is 5.69 Å². The maximum atomic E-state index is 12.1. The van der Waals surface area contributed by atoms with Crippen molar-refractivity contribution in [2.45, 2.75) is 5.38 Å². The second-order valence-electron chi connectivity index (χ2n) is 3.86. The van der Waals surface area contributed by atoms with Gasteiger partial charge in [0.1, 0.15) is 5.38 Å². The molecule has 0 heterocycles. The molecule has 0 spiro atoms. The zero-order valence-corrected chi connectivity index (χ0v) is 13.7. The molecule has 0 aliphatic heterocycles. The van der Waals surface area contributed by atoms with Crippen LogP contribution in [0.4, 0.5) is 5.69 Å². The number of rotatable bonds is 3. The number of alkyl halides is 1. The average molecular weight is 404 g/mol. The molecule has 2 nitrogen and oxygen atoms in total. The van der Waals surface area contributed by atoms with Gasteiger partial charge in [-0.3, -0.25) is 4.79 Å². The number of hydrogen-bond donors (Lipinski definition) is 1. The van der Waals surface area contributed by atoms with Crippen LogP contribution in [0.2, 0.25) is 0 Å². The lowest BCUT2D eigenvalue weighted by Gasteiger charge is -2.13. The Bertz CT molecular complexity index is 569. The number of hydrogen-bond acceptors (Lipinski definition) is 1. The van der Waals surface area contributed by atoms with Crippen molar-refractivity contribution in [3.63, 3.8) is 0 Å². The molecule has 0 fully saturated rings. The standard InChI is InChI=1S/C14H10Br2ClNO/c15-10-7-4-8-11(16)13(10)18-14(19)12(17)9-5-2-1-3-6-9/h1-8,12H,(H,18,19). The first-order valence-corrected chi connectivity index (χ1v) is 7.55. The number of nitrogens with one attached hydrogen (secondary N) is 1. The Morgan fingerprint density at radius 2 is 1.58 bits per heavy atom. The highest BCUT2D eigenvalue weighted by Gasteiger charge is 2.19. The second-order valence-corrected chi connectivity index (χ2v) is 6.00. The molecule has 2 aromatic rings. The summed E-state index contributed by atoms with van der Waals surface area (Å²) in [4.78, 5) is 12.1. The Morgan fingerprint density at radius 3 is 2.16 bits per heavy atom. The predicted molar refractivity (Wildman–Crippen MR) is 85.5 cm³/mol. The number of halogens is 3. The molecule has 2 aromatic carbocycles. The maximum absolute atomic E-state index is 12.1. The number of amides is 1. The van der Waals surface area contributed by atoms with Crippen molar-refractivity contribution in [2.75, 3.05) is 5.32 Å². The lowest BCUT2D eigenvalue weighted by molar-refractivity contribution is -0.116. The number of benzene rings is 2. The third-order valence-corrected chi connectivity index (χ3v) is 4.31. The third-order valence-electron chi connectivity index (χ3n) is 2.53. The smallest absolute Gasteiger partial charge is 0.247 e. The van der Waals surface area contributed by atoms with E-state index in [-0.39, 0.29) is 5.91 Å². The quantitative estimate of drug-likeness (QED) is 0.708. The molecule has 1 unspecified atom stereocenters. The molecule has 0 radical (unpaired) electrons. The zero-order chi connectivity index (χ0) is 13.8. The molecule has 0 aliphatic rings. The van der Waals surface area contributed by atoms with Crippen LogP contribution in [0.3, 0.4) is 0 Å². The van der Waals surface area contributed by atoms with Crippen LogP contribution < -0.4 is 5.32 Å². The lowest BCUT2D eigenvalue weighted by atomic mass is 10.1. The molecule has 0 aromatic heterocycles. The normalized spacial score (nSPS) is 11.9. The van der Waals surface area contributed by atoms with Gasteiger partial charge in [-0.2, -0.15) is 0 Å². The molecular formula is C14H10Br2ClNO. The highest BCUT2D eigenvalue weighted by molar-refractivity contribution is 9.11. The monoisotopic (exact) mass is 401 g/mol. The van der Waals surface area contributed by atoms with Crippen LogP contribution in [-0.4, -0.2) is 5.91 Å². The summed E-state index contributed by atoms with van der Waals surface area (Å²) in [5.74, 6) is -0.263. The van der Waals surface area contributed by atoms with Crippen molar-refractivity contribution < 1.29 is 4.79 Å². The number of carbonyl (C=O) groups is 1. The first-order valence-electron chi connectivity index (χ1n) is 5.53. The minimum Gasteiger partial charge on any atom is -0.323 e. The van der Waals surface area contributed by atoms with Crippen LogP contribution in [0.5, 0.6) is 0 Å². The summed E-state index contributed by atoms with van der Waals surface area (Å²) in [5.41, 5.74) is 1.44. The second kappa shape index (κ2) is 6.55. The van der Waals surface area contributed by atoms with Crippen LogP contribution in [0.25, 0.3) is 0 Å². The van der Waals surface area contributed by atoms with Gasteiger partial charge in [-0.15, -0.1) is 11.6 Å². The van der Waals surface area contributed by atoms with Gasteiger partial charge in [0.15, 0.2) is 0 Å². The number of carbonyl (C=O) groups excluding carboxylic acids is 1. The van der Waals surface area contributed by atoms with Crippen LogP contribution in [-0.2, 0) is 4.79 Å². The van der Waals surface area contributed by atoms with E-state index in [1.54, 1.807) is 0 Å². The van der Waals surface area contributed by atoms with Gasteiger partial charge < -0.3 is 5.32 Å². The van der Waals surface area contributed by atoms with Gasteiger partial charge in [-0.05, 0) is 49.6 Å². The van der Waals surface area contributed by atoms with Gasteiger partial charge in [0.2, 0.25) is 5.91 Å². The van der Waals surface area contributed by atoms with Crippen molar-refractivity contribution in [1.82, 2.24) is 0 Å². The van der Waals surface area contributed by atoms with Crippen molar-refractivity contribution in [1.29, 1.82) is 0 Å². The summed E-state index contributed by atoms with van der Waals surface area (Å²) < 4.78 is 1.60. The van der Waals surface area contributed by atoms with Crippen molar-refractivity contribution in [3.8, 4) is 0 Å². The molecule has 5 heteroatoms. The molecule has 0 bridgehead atoms. The number of anilines is 1. The Labute approximate surface area is 133 Å². The highest BCUT2D eigenvalue weighted by Crippen LogP contribution is 2.32. The summed E-state index contributed by atoms with van der Waals surface area (Å²) in [6, 6.07) is 14.8. The minimum absolute atomic E-state index is 0.263. The molecule has 0 saturated heterocycles. The SMILES string of the molecule is O=C(Nc1c(Br)cccc1Br)C(Cl)c1ccccc1. The largest absolute Gasteiger partial charge is 0.323 e. The zero-order valence-electron chi connectivity index (χ0n) is 9.74. The summed E-state index contributed by atoms with van der Waals surface area (Å²) >= 11 is 13.0. The van der Waals surface area contributed by atoms with Gasteiger partial charge in [-0.25, -0.2) is 0 Å². The topological polar surface area (TPSA) is 29.1 Å². The van der Waals surface area contributed by atoms with Gasteiger partial charge in [0, 0.05) is 8.95 Å². The van der Waals surface area contributed by atoms with Crippen LogP contribution in [0.1, 0.15) is 10.9 Å². The van der Waals surface area contributed by atoms with Crippen molar-refractivity contribution in [3.05, 3.63) is 63.0 Å². The van der Waals surface area contributed by atoms with E-state index in [1.807, 2.05) is 48.5 Å². The summed E-state index contributed by atoms with van der Waals surface area (Å²) in [7, 11) is 0. The molecule has 98 valence electrons. The molecule has 19 heavy (non-hydrogen) atoms. The fourth-order valence-electron chi connectivity index (χ4n) is 1.58. The Balaban J connectivity index is 2.18. The molecule has 1 atom stereocenters. The van der Waals surface area contributed by atoms with E-state index in [2.05, 4.69) is 37.2 Å². The molecule has 2 rings (SSSR count). The molecule has 1 amide bonds. The van der Waals surface area contributed by atoms with E-state index in [4.69, 9.17) is 11.6 Å². The Hall–Kier alpha value is -0.840. The summed E-state index contributed by atoms with van der Waals surface area (Å²) in [5, 5.41) is 2.09. The van der Waals surface area contributed by atoms with Crippen molar-refractivity contribution in [2.24, 2.45) is 0 Å². The average Bonchev–Trinajstić information content (AvgIpc) is 2.43. The highest BCUT2D eigenvalue weighted by atomic mass is 79.9. The fraction of sp³-hybridized carbons (Fsp3) is 0.0714. The van der Waals surface area contributed by atoms with E-state index >= 15 is 0 Å². The molecule has 0 saturated carbocycles. The number of para-hydroxylation sites is 1. The molecular weight excluding hydrogens is 393 g/mol. The van der Waals surface area contributed by atoms with E-state index in [0.717, 1.165) is 14.5 Å². The Morgan fingerprint density at radius 1 is 1.00 bits per heavy atom. The maximum Gasteiger partial charge on any atom is 0.247 e. The van der Waals surface area contributed by atoms with E-state index < -0.39 is 5.38 Å². The van der Waals surface area contributed by atoms with Gasteiger partial charge in [0.05, 0.1) is 5.69 Å². The fourth-order valence-corrected chi connectivity index (χ4v) is 2.97. The summed E-state index contributed by atoms with van der Waals surface area (Å²) in [6.45, 7) is 0. The third kappa shape index (κ3) is 3.59. The van der Waals surface area contributed by atoms with Crippen molar-refractivity contribution >= 4 is 55.1 Å². The van der Waals surface area contributed by atoms with Gasteiger partial charge >= 0.3 is 0 Å². The van der Waals surface area contributed by atoms with Gasteiger partial charge in [-0.1, -0.05) is 36.4 Å². The first kappa shape index (κ1) is 14.6. The van der Waals surface area contributed by atoms with Crippen LogP contribution in [0, 0.1) is 0 Å². The molecule has 1 N–H and O–H groups in total. The molecule has 0 aliphatic carbocycles. The van der Waals surface area contributed by atoms with E-state index in [9.17, 15) is 4.79 Å². The minimum atomic E-state index is -0.722.